The molecule has 1 N–H and O–H groups in total. The third-order valence-electron chi connectivity index (χ3n) is 4.55. The highest BCUT2D eigenvalue weighted by Crippen LogP contribution is 2.12. The monoisotopic (exact) mass is 360 g/mol. The summed E-state index contributed by atoms with van der Waals surface area (Å²) in [5, 5.41) is 9.21. The van der Waals surface area contributed by atoms with Gasteiger partial charge in [0.15, 0.2) is 0 Å². The molecule has 0 aromatic heterocycles. The van der Waals surface area contributed by atoms with E-state index in [1.807, 2.05) is 0 Å². The van der Waals surface area contributed by atoms with Crippen LogP contribution >= 0.6 is 0 Å². The summed E-state index contributed by atoms with van der Waals surface area (Å²) in [5.41, 5.74) is 0.866. The second-order valence-electron chi connectivity index (χ2n) is 6.98. The minimum absolute atomic E-state index is 0.219. The van der Waals surface area contributed by atoms with Crippen LogP contribution in [-0.4, -0.2) is 17.7 Å². The zero-order chi connectivity index (χ0) is 18.9. The number of aromatic hydroxyl groups is 1. The van der Waals surface area contributed by atoms with Crippen LogP contribution in [-0.2, 0) is 9.53 Å². The number of benzene rings is 1. The van der Waals surface area contributed by atoms with E-state index in [9.17, 15) is 9.90 Å². The number of esters is 1. The van der Waals surface area contributed by atoms with E-state index in [0.29, 0.717) is 6.61 Å². The van der Waals surface area contributed by atoms with Gasteiger partial charge in [-0.15, -0.1) is 0 Å². The standard InChI is InChI=1S/C23H36O3/c1-2-3-4-5-6-7-8-9-10-11-12-13-20-26-23(25)19-16-21-14-17-22(24)18-15-21/h14-19,24H,2-13,20H2,1H3/b19-16+. The minimum Gasteiger partial charge on any atom is -0.508 e. The lowest BCUT2D eigenvalue weighted by molar-refractivity contribution is -0.137. The molecule has 0 spiro atoms. The van der Waals surface area contributed by atoms with E-state index in [0.717, 1.165) is 18.4 Å². The number of carbonyl (C=O) groups is 1. The first kappa shape index (κ1) is 22.3. The quantitative estimate of drug-likeness (QED) is 0.216. The first-order chi connectivity index (χ1) is 12.7. The number of carbonyl (C=O) groups excluding carboxylic acids is 1. The van der Waals surface area contributed by atoms with Gasteiger partial charge in [0, 0.05) is 6.08 Å². The molecule has 0 bridgehead atoms. The molecule has 26 heavy (non-hydrogen) atoms. The Kier molecular flexibility index (Phi) is 13.3. The zero-order valence-corrected chi connectivity index (χ0v) is 16.4. The lowest BCUT2D eigenvalue weighted by Crippen LogP contribution is -2.02. The van der Waals surface area contributed by atoms with Crippen molar-refractivity contribution in [3.8, 4) is 5.75 Å². The van der Waals surface area contributed by atoms with Crippen LogP contribution in [0.3, 0.4) is 0 Å². The number of ether oxygens (including phenoxy) is 1. The van der Waals surface area contributed by atoms with Crippen LogP contribution in [0.2, 0.25) is 0 Å². The zero-order valence-electron chi connectivity index (χ0n) is 16.4. The van der Waals surface area contributed by atoms with E-state index in [1.165, 1.54) is 70.3 Å². The number of phenols is 1. The fourth-order valence-corrected chi connectivity index (χ4v) is 2.91. The number of hydrogen-bond acceptors (Lipinski definition) is 3. The molecular formula is C23H36O3. The predicted octanol–water partition coefficient (Wildman–Crippen LogP) is 6.65. The highest BCUT2D eigenvalue weighted by Gasteiger charge is 1.98. The third kappa shape index (κ3) is 12.6. The summed E-state index contributed by atoms with van der Waals surface area (Å²) in [6.45, 7) is 2.76. The van der Waals surface area contributed by atoms with E-state index in [4.69, 9.17) is 4.74 Å². The molecular weight excluding hydrogens is 324 g/mol. The van der Waals surface area contributed by atoms with Gasteiger partial charge in [0.2, 0.25) is 0 Å². The van der Waals surface area contributed by atoms with Gasteiger partial charge >= 0.3 is 5.97 Å². The molecule has 0 saturated heterocycles. The normalized spacial score (nSPS) is 11.1. The molecule has 1 rings (SSSR count). The Labute approximate surface area is 159 Å². The highest BCUT2D eigenvalue weighted by atomic mass is 16.5. The van der Waals surface area contributed by atoms with E-state index >= 15 is 0 Å². The molecule has 0 aliphatic rings. The molecule has 0 radical (unpaired) electrons. The minimum atomic E-state index is -0.304. The predicted molar refractivity (Wildman–Crippen MR) is 109 cm³/mol. The Morgan fingerprint density at radius 2 is 1.35 bits per heavy atom. The fraction of sp³-hybridized carbons (Fsp3) is 0.609. The Bertz CT molecular complexity index is 491. The van der Waals surface area contributed by atoms with Gasteiger partial charge in [-0.05, 0) is 30.2 Å². The SMILES string of the molecule is CCCCCCCCCCCCCCOC(=O)/C=C/c1ccc(O)cc1. The van der Waals surface area contributed by atoms with Crippen molar-refractivity contribution in [1.82, 2.24) is 0 Å². The van der Waals surface area contributed by atoms with Crippen molar-refractivity contribution in [2.24, 2.45) is 0 Å². The van der Waals surface area contributed by atoms with Crippen molar-refractivity contribution < 1.29 is 14.6 Å². The number of phenolic OH excluding ortho intramolecular Hbond substituents is 1. The van der Waals surface area contributed by atoms with Gasteiger partial charge in [0.05, 0.1) is 6.61 Å². The molecule has 0 heterocycles. The maximum atomic E-state index is 11.6. The largest absolute Gasteiger partial charge is 0.508 e. The maximum Gasteiger partial charge on any atom is 0.330 e. The smallest absolute Gasteiger partial charge is 0.330 e. The molecule has 0 saturated carbocycles. The molecule has 3 heteroatoms. The lowest BCUT2D eigenvalue weighted by Gasteiger charge is -2.03. The number of hydrogen-bond donors (Lipinski definition) is 1. The first-order valence-corrected chi connectivity index (χ1v) is 10.4. The maximum absolute atomic E-state index is 11.6. The average molecular weight is 361 g/mol. The summed E-state index contributed by atoms with van der Waals surface area (Å²) >= 11 is 0. The van der Waals surface area contributed by atoms with E-state index in [2.05, 4.69) is 6.92 Å². The second kappa shape index (κ2) is 15.5. The van der Waals surface area contributed by atoms with Crippen molar-refractivity contribution in [1.29, 1.82) is 0 Å². The van der Waals surface area contributed by atoms with Crippen LogP contribution in [0.25, 0.3) is 6.08 Å². The molecule has 0 amide bonds. The summed E-state index contributed by atoms with van der Waals surface area (Å²) in [6, 6.07) is 6.70. The Balaban J connectivity index is 1.89. The Morgan fingerprint density at radius 3 is 1.88 bits per heavy atom. The van der Waals surface area contributed by atoms with E-state index < -0.39 is 0 Å². The van der Waals surface area contributed by atoms with Gasteiger partial charge in [-0.25, -0.2) is 4.79 Å². The summed E-state index contributed by atoms with van der Waals surface area (Å²) in [5.74, 6) is -0.0853. The van der Waals surface area contributed by atoms with Gasteiger partial charge in [-0.3, -0.25) is 0 Å². The summed E-state index contributed by atoms with van der Waals surface area (Å²) in [7, 11) is 0. The van der Waals surface area contributed by atoms with Gasteiger partial charge in [-0.2, -0.15) is 0 Å². The summed E-state index contributed by atoms with van der Waals surface area (Å²) < 4.78 is 5.20. The van der Waals surface area contributed by atoms with Gasteiger partial charge in [0.1, 0.15) is 5.75 Å². The van der Waals surface area contributed by atoms with Crippen molar-refractivity contribution in [3.05, 3.63) is 35.9 Å². The molecule has 0 fully saturated rings. The summed E-state index contributed by atoms with van der Waals surface area (Å²) in [4.78, 5) is 11.6. The Hall–Kier alpha value is -1.77. The first-order valence-electron chi connectivity index (χ1n) is 10.4. The summed E-state index contributed by atoms with van der Waals surface area (Å²) in [6.07, 6.45) is 18.7. The van der Waals surface area contributed by atoms with Gasteiger partial charge < -0.3 is 9.84 Å². The number of rotatable bonds is 15. The van der Waals surface area contributed by atoms with Crippen LogP contribution < -0.4 is 0 Å². The molecule has 0 unspecified atom stereocenters. The van der Waals surface area contributed by atoms with Crippen molar-refractivity contribution in [2.75, 3.05) is 6.61 Å². The average Bonchev–Trinajstić information content (AvgIpc) is 2.65. The molecule has 0 aliphatic heterocycles. The van der Waals surface area contributed by atoms with Crippen LogP contribution in [0.5, 0.6) is 5.75 Å². The van der Waals surface area contributed by atoms with Crippen LogP contribution in [0.1, 0.15) is 89.5 Å². The second-order valence-corrected chi connectivity index (χ2v) is 6.98. The van der Waals surface area contributed by atoms with Crippen LogP contribution in [0.4, 0.5) is 0 Å². The van der Waals surface area contributed by atoms with Gasteiger partial charge in [0.25, 0.3) is 0 Å². The van der Waals surface area contributed by atoms with Crippen molar-refractivity contribution >= 4 is 12.0 Å². The fourth-order valence-electron chi connectivity index (χ4n) is 2.91. The Morgan fingerprint density at radius 1 is 0.846 bits per heavy atom. The van der Waals surface area contributed by atoms with Crippen molar-refractivity contribution in [2.45, 2.75) is 84.0 Å². The van der Waals surface area contributed by atoms with E-state index in [1.54, 1.807) is 30.3 Å². The van der Waals surface area contributed by atoms with E-state index in [-0.39, 0.29) is 11.7 Å². The van der Waals surface area contributed by atoms with Gasteiger partial charge in [-0.1, -0.05) is 89.7 Å². The molecule has 3 nitrogen and oxygen atoms in total. The molecule has 1 aromatic carbocycles. The topological polar surface area (TPSA) is 46.5 Å². The molecule has 146 valence electrons. The highest BCUT2D eigenvalue weighted by molar-refractivity contribution is 5.87. The van der Waals surface area contributed by atoms with Crippen molar-refractivity contribution in [3.63, 3.8) is 0 Å². The van der Waals surface area contributed by atoms with Crippen LogP contribution in [0.15, 0.2) is 30.3 Å². The molecule has 1 aromatic rings. The third-order valence-corrected chi connectivity index (χ3v) is 4.55. The number of unbranched alkanes of at least 4 members (excludes halogenated alkanes) is 11. The molecule has 0 atom stereocenters. The molecule has 0 aliphatic carbocycles. The van der Waals surface area contributed by atoms with Crippen LogP contribution in [0, 0.1) is 0 Å². The lowest BCUT2D eigenvalue weighted by atomic mass is 10.1.